The van der Waals surface area contributed by atoms with E-state index in [0.717, 1.165) is 41.0 Å². The summed E-state index contributed by atoms with van der Waals surface area (Å²) in [6.45, 7) is 1.92. The van der Waals surface area contributed by atoms with Crippen LogP contribution in [0.5, 0.6) is 11.5 Å². The molecule has 4 heterocycles. The van der Waals surface area contributed by atoms with Crippen molar-refractivity contribution in [3.8, 4) is 11.5 Å². The number of nitrogens with zero attached hydrogens (tertiary/aromatic N) is 5. The second-order valence-corrected chi connectivity index (χ2v) is 9.85. The van der Waals surface area contributed by atoms with Gasteiger partial charge in [-0.25, -0.2) is 4.98 Å². The van der Waals surface area contributed by atoms with E-state index >= 15 is 0 Å². The first-order valence-electron chi connectivity index (χ1n) is 13.2. The number of carbonyl (C=O) groups is 1. The Morgan fingerprint density at radius 1 is 1.05 bits per heavy atom. The smallest absolute Gasteiger partial charge is 0.257 e. The van der Waals surface area contributed by atoms with Gasteiger partial charge in [0.1, 0.15) is 25.2 Å². The summed E-state index contributed by atoms with van der Waals surface area (Å²) in [5.41, 5.74) is 4.45. The van der Waals surface area contributed by atoms with E-state index in [-0.39, 0.29) is 11.8 Å². The molecule has 0 spiro atoms. The Hall–Kier alpha value is -4.66. The van der Waals surface area contributed by atoms with Crippen LogP contribution in [0.25, 0.3) is 5.65 Å². The van der Waals surface area contributed by atoms with Gasteiger partial charge in [0.2, 0.25) is 0 Å². The third-order valence-corrected chi connectivity index (χ3v) is 7.08. The summed E-state index contributed by atoms with van der Waals surface area (Å²) in [5, 5.41) is 8.05. The van der Waals surface area contributed by atoms with E-state index < -0.39 is 0 Å². The maximum absolute atomic E-state index is 13.7. The molecule has 6 rings (SSSR count). The number of piperidine rings is 1. The van der Waals surface area contributed by atoms with E-state index in [1.807, 2.05) is 96.4 Å². The number of benzene rings is 2. The lowest BCUT2D eigenvalue weighted by molar-refractivity contribution is 0.0703. The van der Waals surface area contributed by atoms with Crippen LogP contribution in [0, 0.1) is 0 Å². The van der Waals surface area contributed by atoms with Gasteiger partial charge in [0, 0.05) is 50.2 Å². The molecule has 194 valence electrons. The summed E-state index contributed by atoms with van der Waals surface area (Å²) in [7, 11) is 2.02. The second kappa shape index (κ2) is 11.0. The molecule has 39 heavy (non-hydrogen) atoms. The second-order valence-electron chi connectivity index (χ2n) is 9.85. The van der Waals surface area contributed by atoms with E-state index in [4.69, 9.17) is 9.72 Å². The van der Waals surface area contributed by atoms with E-state index in [9.17, 15) is 4.79 Å². The van der Waals surface area contributed by atoms with E-state index in [0.29, 0.717) is 36.7 Å². The third kappa shape index (κ3) is 5.34. The van der Waals surface area contributed by atoms with Gasteiger partial charge in [0.05, 0.1) is 11.3 Å². The van der Waals surface area contributed by atoms with Crippen LogP contribution in [0.3, 0.4) is 0 Å². The molecule has 5 aromatic rings. The number of ether oxygens (including phenoxy) is 1. The van der Waals surface area contributed by atoms with Crippen molar-refractivity contribution >= 4 is 30.7 Å². The van der Waals surface area contributed by atoms with Crippen molar-refractivity contribution in [1.29, 1.82) is 0 Å². The van der Waals surface area contributed by atoms with Gasteiger partial charge in [-0.1, -0.05) is 36.4 Å². The van der Waals surface area contributed by atoms with Crippen molar-refractivity contribution in [2.75, 3.05) is 18.4 Å². The number of hydrogen-bond donors (Lipinski definition) is 1. The first-order chi connectivity index (χ1) is 19.2. The third-order valence-electron chi connectivity index (χ3n) is 7.08. The molecule has 2 aromatic carbocycles. The molecule has 0 bridgehead atoms. The van der Waals surface area contributed by atoms with Crippen LogP contribution in [0.4, 0.5) is 5.82 Å². The molecule has 0 saturated carbocycles. The fourth-order valence-corrected chi connectivity index (χ4v) is 5.04. The lowest BCUT2D eigenvalue weighted by Gasteiger charge is -2.33. The van der Waals surface area contributed by atoms with E-state index in [1.54, 1.807) is 6.20 Å². The summed E-state index contributed by atoms with van der Waals surface area (Å²) in [6, 6.07) is 23.0. The molecule has 1 saturated heterocycles. The standard InChI is InChI=1S/C30H29BN6O2/c31-25-19-34-37-28(33-18-21-8-6-14-32-17-21)16-26(35-29(25)37)22-9-7-15-36(20-22)30(38)24-12-4-5-13-27(24)39-23-10-2-1-3-11-23/h1-6,8,10-14,16-17,19,22,33H,7,9,15,18,20,31H2. The van der Waals surface area contributed by atoms with Gasteiger partial charge in [0.25, 0.3) is 5.91 Å². The SMILES string of the molecule is Bc1cnn2c(NCc3cccnc3)cc(C3CCCN(C(=O)c4ccccc4Oc4ccccc4)C3)nc12. The Bertz CT molecular complexity index is 1590. The van der Waals surface area contributed by atoms with Crippen LogP contribution in [-0.2, 0) is 6.54 Å². The van der Waals surface area contributed by atoms with Crippen molar-refractivity contribution in [3.05, 3.63) is 108 Å². The zero-order valence-corrected chi connectivity index (χ0v) is 21.8. The number of anilines is 1. The number of amides is 1. The summed E-state index contributed by atoms with van der Waals surface area (Å²) < 4.78 is 7.93. The van der Waals surface area contributed by atoms with Crippen molar-refractivity contribution in [3.63, 3.8) is 0 Å². The van der Waals surface area contributed by atoms with Crippen molar-refractivity contribution in [2.24, 2.45) is 0 Å². The van der Waals surface area contributed by atoms with Gasteiger partial charge in [-0.05, 0) is 54.2 Å². The van der Waals surface area contributed by atoms with Gasteiger partial charge in [-0.2, -0.15) is 9.61 Å². The van der Waals surface area contributed by atoms with E-state index in [1.165, 1.54) is 0 Å². The Morgan fingerprint density at radius 3 is 2.74 bits per heavy atom. The highest BCUT2D eigenvalue weighted by molar-refractivity contribution is 6.36. The maximum Gasteiger partial charge on any atom is 0.257 e. The summed E-state index contributed by atoms with van der Waals surface area (Å²) >= 11 is 0. The molecule has 0 aliphatic carbocycles. The van der Waals surface area contributed by atoms with Crippen LogP contribution >= 0.6 is 0 Å². The minimum absolute atomic E-state index is 0.0252. The van der Waals surface area contributed by atoms with Crippen LogP contribution < -0.4 is 15.5 Å². The predicted molar refractivity (Wildman–Crippen MR) is 154 cm³/mol. The van der Waals surface area contributed by atoms with E-state index in [2.05, 4.69) is 21.5 Å². The molecule has 3 aromatic heterocycles. The largest absolute Gasteiger partial charge is 0.457 e. The Kier molecular flexibility index (Phi) is 6.95. The molecule has 1 unspecified atom stereocenters. The van der Waals surface area contributed by atoms with Crippen LogP contribution in [0.1, 0.15) is 40.4 Å². The summed E-state index contributed by atoms with van der Waals surface area (Å²) in [4.78, 5) is 24.9. The van der Waals surface area contributed by atoms with Gasteiger partial charge in [-0.3, -0.25) is 9.78 Å². The molecule has 1 amide bonds. The fourth-order valence-electron chi connectivity index (χ4n) is 5.04. The highest BCUT2D eigenvalue weighted by Crippen LogP contribution is 2.31. The molecular formula is C30H29BN6O2. The highest BCUT2D eigenvalue weighted by Gasteiger charge is 2.29. The normalized spacial score (nSPS) is 15.3. The maximum atomic E-state index is 13.7. The van der Waals surface area contributed by atoms with Gasteiger partial charge >= 0.3 is 0 Å². The van der Waals surface area contributed by atoms with Crippen LogP contribution in [-0.4, -0.2) is 51.3 Å². The molecule has 1 fully saturated rings. The minimum Gasteiger partial charge on any atom is -0.457 e. The number of pyridine rings is 1. The number of hydrogen-bond acceptors (Lipinski definition) is 6. The molecule has 1 N–H and O–H groups in total. The molecule has 1 atom stereocenters. The number of rotatable bonds is 7. The Labute approximate surface area is 228 Å². The van der Waals surface area contributed by atoms with Crippen molar-refractivity contribution in [1.82, 2.24) is 24.5 Å². The fraction of sp³-hybridized carbons (Fsp3) is 0.200. The molecule has 9 heteroatoms. The minimum atomic E-state index is -0.0252. The number of carbonyl (C=O) groups excluding carboxylic acids is 1. The van der Waals surface area contributed by atoms with Gasteiger partial charge < -0.3 is 15.0 Å². The Morgan fingerprint density at radius 2 is 1.90 bits per heavy atom. The molecular weight excluding hydrogens is 487 g/mol. The molecule has 8 nitrogen and oxygen atoms in total. The van der Waals surface area contributed by atoms with Gasteiger partial charge in [-0.15, -0.1) is 0 Å². The number of aromatic nitrogens is 4. The van der Waals surface area contributed by atoms with Gasteiger partial charge in [0.15, 0.2) is 5.65 Å². The monoisotopic (exact) mass is 516 g/mol. The topological polar surface area (TPSA) is 84.7 Å². The number of para-hydroxylation sites is 2. The highest BCUT2D eigenvalue weighted by atomic mass is 16.5. The lowest BCUT2D eigenvalue weighted by atomic mass is 9.93. The van der Waals surface area contributed by atoms with Crippen molar-refractivity contribution in [2.45, 2.75) is 25.3 Å². The molecule has 1 aliphatic heterocycles. The average Bonchev–Trinajstić information content (AvgIpc) is 3.37. The first-order valence-corrected chi connectivity index (χ1v) is 13.2. The Balaban J connectivity index is 1.25. The zero-order chi connectivity index (χ0) is 26.6. The average molecular weight is 516 g/mol. The lowest BCUT2D eigenvalue weighted by Crippen LogP contribution is -2.39. The number of likely N-dealkylation sites (tertiary alicyclic amines) is 1. The molecule has 1 aliphatic rings. The summed E-state index contributed by atoms with van der Waals surface area (Å²) in [6.07, 6.45) is 7.32. The van der Waals surface area contributed by atoms with Crippen molar-refractivity contribution < 1.29 is 9.53 Å². The first kappa shape index (κ1) is 24.7. The zero-order valence-electron chi connectivity index (χ0n) is 21.8. The number of fused-ring (bicyclic) bond motifs is 1. The quantitative estimate of drug-likeness (QED) is 0.332. The predicted octanol–water partition coefficient (Wildman–Crippen LogP) is 3.81. The number of nitrogens with one attached hydrogen (secondary N) is 1. The summed E-state index contributed by atoms with van der Waals surface area (Å²) in [5.74, 6) is 2.23. The van der Waals surface area contributed by atoms with Crippen LogP contribution in [0.15, 0.2) is 91.4 Å². The van der Waals surface area contributed by atoms with Crippen LogP contribution in [0.2, 0.25) is 0 Å². The molecule has 0 radical (unpaired) electrons.